The van der Waals surface area contributed by atoms with Crippen molar-refractivity contribution in [2.24, 2.45) is 12.8 Å². The molecule has 52 heavy (non-hydrogen) atoms. The molecule has 278 valence electrons. The number of nitrogens with two attached hydrogens (primary N) is 1. The van der Waals surface area contributed by atoms with E-state index < -0.39 is 17.5 Å². The third-order valence-electron chi connectivity index (χ3n) is 9.95. The van der Waals surface area contributed by atoms with Gasteiger partial charge in [-0.15, -0.1) is 0 Å². The van der Waals surface area contributed by atoms with Gasteiger partial charge in [0.15, 0.2) is 24.0 Å². The number of rotatable bonds is 12. The number of hydrogen-bond acceptors (Lipinski definition) is 8. The Balaban J connectivity index is 1.22. The summed E-state index contributed by atoms with van der Waals surface area (Å²) in [7, 11) is 5.14. The number of nitrogens with one attached hydrogen (secondary N) is 3. The van der Waals surface area contributed by atoms with Gasteiger partial charge in [-0.05, 0) is 43.7 Å². The van der Waals surface area contributed by atoms with Crippen molar-refractivity contribution in [1.82, 2.24) is 24.7 Å². The minimum atomic E-state index is -1.14. The molecule has 2 unspecified atom stereocenters. The number of likely N-dealkylation sites (tertiary alicyclic amines) is 1. The van der Waals surface area contributed by atoms with Crippen molar-refractivity contribution in [1.29, 1.82) is 5.41 Å². The third kappa shape index (κ3) is 8.22. The van der Waals surface area contributed by atoms with E-state index in [1.165, 1.54) is 29.9 Å². The molecule has 15 heteroatoms. The van der Waals surface area contributed by atoms with Gasteiger partial charge in [0.05, 0.1) is 44.7 Å². The van der Waals surface area contributed by atoms with Crippen LogP contribution < -0.4 is 16.4 Å². The van der Waals surface area contributed by atoms with Crippen LogP contribution in [0.15, 0.2) is 42.2 Å². The summed E-state index contributed by atoms with van der Waals surface area (Å²) >= 11 is 0. The van der Waals surface area contributed by atoms with E-state index in [2.05, 4.69) is 22.7 Å². The van der Waals surface area contributed by atoms with Gasteiger partial charge in [0.2, 0.25) is 0 Å². The summed E-state index contributed by atoms with van der Waals surface area (Å²) in [6.45, 7) is 8.15. The van der Waals surface area contributed by atoms with Crippen molar-refractivity contribution in [2.45, 2.75) is 26.3 Å². The number of halogens is 2. The second kappa shape index (κ2) is 16.1. The first-order valence-electron chi connectivity index (χ1n) is 17.3. The molecule has 2 saturated heterocycles. The maximum absolute atomic E-state index is 15.5. The van der Waals surface area contributed by atoms with Crippen LogP contribution in [0.3, 0.4) is 0 Å². The normalized spacial score (nSPS) is 19.3. The molecule has 3 aromatic rings. The Labute approximate surface area is 302 Å². The van der Waals surface area contributed by atoms with Crippen LogP contribution >= 0.6 is 0 Å². The fourth-order valence-corrected chi connectivity index (χ4v) is 6.94. The molecule has 5 N–H and O–H groups in total. The van der Waals surface area contributed by atoms with Crippen LogP contribution in [0, 0.1) is 24.0 Å². The number of imidazole rings is 1. The fraction of sp³-hybridized carbons (Fsp3) is 0.432. The van der Waals surface area contributed by atoms with Gasteiger partial charge in [0.1, 0.15) is 0 Å². The number of aryl methyl sites for hydroxylation is 1. The molecule has 3 amide bonds. The largest absolute Gasteiger partial charge is 0.386 e. The zero-order valence-corrected chi connectivity index (χ0v) is 30.4. The minimum Gasteiger partial charge on any atom is -0.386 e. The van der Waals surface area contributed by atoms with Gasteiger partial charge in [0, 0.05) is 93.2 Å². The van der Waals surface area contributed by atoms with E-state index in [0.29, 0.717) is 72.9 Å². The molecule has 0 saturated carbocycles. The van der Waals surface area contributed by atoms with E-state index in [1.54, 1.807) is 44.1 Å². The molecule has 2 fully saturated rings. The van der Waals surface area contributed by atoms with Crippen molar-refractivity contribution in [3.05, 3.63) is 76.4 Å². The summed E-state index contributed by atoms with van der Waals surface area (Å²) in [5.41, 5.74) is 8.33. The Morgan fingerprint density at radius 1 is 1.10 bits per heavy atom. The standard InChI is InChI=1S/C37H47F2N9O4/c1-23-18-26(6-7-27(23)37(51)47-14-12-46(13-15-47)32(49)22-48(4)16-10-25(41)21-48)44-36(50)35-43-20-31(45(35)3)29-9-8-28(33(38)34(29)39)30(19-40)24(2)42-11-17-52-5/h6-9,18-20,25H,10-17,21-22,41H2,1-5H3,(H2-,40,42,44,50,51)/p+1. The van der Waals surface area contributed by atoms with Gasteiger partial charge in [-0.3, -0.25) is 14.4 Å². The third-order valence-corrected chi connectivity index (χ3v) is 9.95. The van der Waals surface area contributed by atoms with Crippen molar-refractivity contribution >= 4 is 35.2 Å². The van der Waals surface area contributed by atoms with E-state index >= 15 is 8.78 Å². The first-order valence-corrected chi connectivity index (χ1v) is 17.3. The van der Waals surface area contributed by atoms with Crippen molar-refractivity contribution < 1.29 is 32.4 Å². The second-order valence-corrected chi connectivity index (χ2v) is 13.8. The topological polar surface area (TPSA) is 159 Å². The summed E-state index contributed by atoms with van der Waals surface area (Å²) in [5.74, 6) is -2.95. The highest BCUT2D eigenvalue weighted by molar-refractivity contribution is 6.09. The predicted molar refractivity (Wildman–Crippen MR) is 195 cm³/mol. The number of likely N-dealkylation sites (N-methyl/N-ethyl adjacent to an activating group) is 1. The van der Waals surface area contributed by atoms with E-state index in [-0.39, 0.29) is 46.1 Å². The van der Waals surface area contributed by atoms with E-state index in [9.17, 15) is 14.4 Å². The van der Waals surface area contributed by atoms with Gasteiger partial charge in [-0.25, -0.2) is 13.8 Å². The average Bonchev–Trinajstić information content (AvgIpc) is 3.67. The van der Waals surface area contributed by atoms with Crippen molar-refractivity contribution in [3.63, 3.8) is 0 Å². The summed E-state index contributed by atoms with van der Waals surface area (Å²) in [5, 5.41) is 13.6. The molecule has 0 aliphatic carbocycles. The number of piperazine rings is 1. The number of hydrogen-bond donors (Lipinski definition) is 4. The first kappa shape index (κ1) is 38.2. The summed E-state index contributed by atoms with van der Waals surface area (Å²) in [6, 6.07) is 7.88. The lowest BCUT2D eigenvalue weighted by molar-refractivity contribution is -0.890. The Bertz CT molecular complexity index is 1890. The maximum Gasteiger partial charge on any atom is 0.291 e. The Morgan fingerprint density at radius 2 is 1.79 bits per heavy atom. The number of nitrogens with zero attached hydrogens (tertiary/aromatic N) is 5. The van der Waals surface area contributed by atoms with E-state index in [0.717, 1.165) is 25.7 Å². The van der Waals surface area contributed by atoms with Crippen LogP contribution in [-0.2, 0) is 16.6 Å². The summed E-state index contributed by atoms with van der Waals surface area (Å²) in [6.07, 6.45) is 3.17. The maximum atomic E-state index is 15.5. The molecule has 3 heterocycles. The lowest BCUT2D eigenvalue weighted by atomic mass is 10.0. The zero-order valence-electron chi connectivity index (χ0n) is 30.4. The first-order chi connectivity index (χ1) is 24.8. The molecular formula is C37H48F2N9O4+. The van der Waals surface area contributed by atoms with E-state index in [4.69, 9.17) is 15.9 Å². The van der Waals surface area contributed by atoms with Crippen LogP contribution in [0.1, 0.15) is 45.4 Å². The molecule has 0 spiro atoms. The second-order valence-electron chi connectivity index (χ2n) is 13.8. The number of carbonyl (C=O) groups is 3. The van der Waals surface area contributed by atoms with Crippen LogP contribution in [0.4, 0.5) is 14.5 Å². The molecule has 2 aliphatic heterocycles. The lowest BCUT2D eigenvalue weighted by Gasteiger charge is -2.37. The SMILES string of the molecule is COCCN/C(C)=C(\C=N)c1ccc(-c2cnc(C(=O)Nc3ccc(C(=O)N4CCN(C(=O)C[N+]5(C)CCC(N)C5)CC4)c(C)c3)n2C)c(F)c1F. The fourth-order valence-electron chi connectivity index (χ4n) is 6.94. The van der Waals surface area contributed by atoms with Gasteiger partial charge < -0.3 is 45.4 Å². The smallest absolute Gasteiger partial charge is 0.291 e. The molecule has 0 radical (unpaired) electrons. The van der Waals surface area contributed by atoms with Crippen molar-refractivity contribution in [3.8, 4) is 11.3 Å². The molecule has 2 atom stereocenters. The lowest BCUT2D eigenvalue weighted by Crippen LogP contribution is -2.56. The summed E-state index contributed by atoms with van der Waals surface area (Å²) < 4.78 is 37.9. The van der Waals surface area contributed by atoms with Gasteiger partial charge in [0.25, 0.3) is 17.7 Å². The highest BCUT2D eigenvalue weighted by atomic mass is 19.2. The highest BCUT2D eigenvalue weighted by Crippen LogP contribution is 2.30. The van der Waals surface area contributed by atoms with Crippen LogP contribution in [0.25, 0.3) is 16.8 Å². The molecular weight excluding hydrogens is 672 g/mol. The van der Waals surface area contributed by atoms with Gasteiger partial charge >= 0.3 is 0 Å². The number of quaternary nitrogens is 1. The number of allylic oxidation sites excluding steroid dienone is 2. The van der Waals surface area contributed by atoms with E-state index in [1.807, 2.05) is 4.90 Å². The Kier molecular flexibility index (Phi) is 11.9. The van der Waals surface area contributed by atoms with Gasteiger partial charge in [-0.2, -0.15) is 0 Å². The number of aromatic nitrogens is 2. The summed E-state index contributed by atoms with van der Waals surface area (Å²) in [4.78, 5) is 47.5. The Hall–Kier alpha value is -4.99. The van der Waals surface area contributed by atoms with Gasteiger partial charge in [-0.1, -0.05) is 6.07 Å². The highest BCUT2D eigenvalue weighted by Gasteiger charge is 2.36. The van der Waals surface area contributed by atoms with Crippen LogP contribution in [0.2, 0.25) is 0 Å². The van der Waals surface area contributed by atoms with Crippen molar-refractivity contribution in [2.75, 3.05) is 78.4 Å². The number of benzene rings is 2. The number of ether oxygens (including phenoxy) is 1. The molecule has 0 bridgehead atoms. The number of carbonyl (C=O) groups excluding carboxylic acids is 3. The molecule has 2 aromatic carbocycles. The minimum absolute atomic E-state index is 0.0362. The van der Waals surface area contributed by atoms with Crippen LogP contribution in [-0.4, -0.2) is 127 Å². The Morgan fingerprint density at radius 3 is 2.42 bits per heavy atom. The molecule has 2 aliphatic rings. The molecule has 13 nitrogen and oxygen atoms in total. The number of anilines is 1. The number of amides is 3. The molecule has 5 rings (SSSR count). The zero-order chi connectivity index (χ0) is 37.7. The monoisotopic (exact) mass is 720 g/mol. The van der Waals surface area contributed by atoms with Crippen LogP contribution in [0.5, 0.6) is 0 Å². The number of methoxy groups -OCH3 is 1. The quantitative estimate of drug-likeness (QED) is 0.127. The molecule has 1 aromatic heterocycles. The average molecular weight is 721 g/mol. The predicted octanol–water partition coefficient (Wildman–Crippen LogP) is 3.00.